The molecule has 1 fully saturated rings. The van der Waals surface area contributed by atoms with Gasteiger partial charge in [0.05, 0.1) is 23.1 Å². The zero-order chi connectivity index (χ0) is 19.6. The zero-order valence-corrected chi connectivity index (χ0v) is 16.0. The van der Waals surface area contributed by atoms with Gasteiger partial charge in [0.25, 0.3) is 5.91 Å². The van der Waals surface area contributed by atoms with E-state index in [4.69, 9.17) is 0 Å². The molecule has 1 aliphatic heterocycles. The molecule has 0 bridgehead atoms. The van der Waals surface area contributed by atoms with Crippen LogP contribution in [-0.2, 0) is 11.2 Å². The number of likely N-dealkylation sites (tertiary alicyclic amines) is 1. The van der Waals surface area contributed by atoms with Gasteiger partial charge in [-0.05, 0) is 43.5 Å². The van der Waals surface area contributed by atoms with Crippen molar-refractivity contribution < 1.29 is 14.0 Å². The van der Waals surface area contributed by atoms with E-state index in [0.717, 1.165) is 11.4 Å². The van der Waals surface area contributed by atoms with Crippen LogP contribution >= 0.6 is 0 Å². The Bertz CT molecular complexity index is 821. The molecule has 2 amide bonds. The van der Waals surface area contributed by atoms with Crippen LogP contribution in [0.3, 0.4) is 0 Å². The first-order chi connectivity index (χ1) is 12.9. The number of aromatic nitrogens is 2. The van der Waals surface area contributed by atoms with Crippen LogP contribution in [0.4, 0.5) is 4.39 Å². The number of hydrogen-bond acceptors (Lipinski definition) is 3. The van der Waals surface area contributed by atoms with Gasteiger partial charge in [0, 0.05) is 33.1 Å². The average Bonchev–Trinajstić information content (AvgIpc) is 3.11. The Labute approximate surface area is 158 Å². The van der Waals surface area contributed by atoms with Crippen LogP contribution < -0.4 is 0 Å². The van der Waals surface area contributed by atoms with Crippen molar-refractivity contribution in [2.45, 2.75) is 26.2 Å². The summed E-state index contributed by atoms with van der Waals surface area (Å²) in [6, 6.07) is 6.05. The van der Waals surface area contributed by atoms with E-state index in [9.17, 15) is 14.0 Å². The highest BCUT2D eigenvalue weighted by Crippen LogP contribution is 2.23. The Hall–Kier alpha value is -2.70. The smallest absolute Gasteiger partial charge is 0.257 e. The molecule has 0 saturated carbocycles. The van der Waals surface area contributed by atoms with Crippen molar-refractivity contribution in [1.82, 2.24) is 19.6 Å². The number of carbonyl (C=O) groups is 2. The van der Waals surface area contributed by atoms with Crippen molar-refractivity contribution >= 4 is 11.8 Å². The van der Waals surface area contributed by atoms with Crippen LogP contribution in [0.1, 0.15) is 35.8 Å². The molecule has 2 heterocycles. The lowest BCUT2D eigenvalue weighted by molar-refractivity contribution is -0.134. The van der Waals surface area contributed by atoms with Gasteiger partial charge in [-0.15, -0.1) is 0 Å². The van der Waals surface area contributed by atoms with E-state index in [1.165, 1.54) is 12.1 Å². The first-order valence-corrected chi connectivity index (χ1v) is 9.25. The Morgan fingerprint density at radius 1 is 1.19 bits per heavy atom. The fourth-order valence-electron chi connectivity index (χ4n) is 3.56. The number of carbonyl (C=O) groups excluding carboxylic acids is 2. The maximum atomic E-state index is 13.2. The van der Waals surface area contributed by atoms with Crippen LogP contribution in [0.25, 0.3) is 5.69 Å². The minimum absolute atomic E-state index is 0.0170. The molecule has 6 nitrogen and oxygen atoms in total. The molecule has 0 atom stereocenters. The zero-order valence-electron chi connectivity index (χ0n) is 16.0. The van der Waals surface area contributed by atoms with Gasteiger partial charge in [-0.25, -0.2) is 9.07 Å². The van der Waals surface area contributed by atoms with Crippen molar-refractivity contribution in [3.8, 4) is 5.69 Å². The summed E-state index contributed by atoms with van der Waals surface area (Å²) >= 11 is 0. The van der Waals surface area contributed by atoms with Gasteiger partial charge in [0.15, 0.2) is 0 Å². The second-order valence-electron chi connectivity index (χ2n) is 7.05. The largest absolute Gasteiger partial charge is 0.349 e. The maximum Gasteiger partial charge on any atom is 0.257 e. The molecular formula is C20H25FN4O2. The van der Waals surface area contributed by atoms with Crippen molar-refractivity contribution in [1.29, 1.82) is 0 Å². The van der Waals surface area contributed by atoms with E-state index in [-0.39, 0.29) is 23.5 Å². The van der Waals surface area contributed by atoms with Gasteiger partial charge in [-0.3, -0.25) is 9.59 Å². The van der Waals surface area contributed by atoms with Gasteiger partial charge in [0.2, 0.25) is 5.91 Å². The van der Waals surface area contributed by atoms with Gasteiger partial charge in [-0.2, -0.15) is 5.10 Å². The van der Waals surface area contributed by atoms with Crippen LogP contribution in [0.2, 0.25) is 0 Å². The highest BCUT2D eigenvalue weighted by atomic mass is 19.1. The summed E-state index contributed by atoms with van der Waals surface area (Å²) < 4.78 is 14.9. The Morgan fingerprint density at radius 3 is 2.37 bits per heavy atom. The summed E-state index contributed by atoms with van der Waals surface area (Å²) in [5.74, 6) is -0.261. The summed E-state index contributed by atoms with van der Waals surface area (Å²) in [6.07, 6.45) is 3.57. The Morgan fingerprint density at radius 2 is 1.81 bits per heavy atom. The third kappa shape index (κ3) is 3.86. The standard InChI is InChI=1S/C20H25FN4O2/c1-4-18-17(13-22-25(18)16-7-5-15(21)6-8-16)20(27)24-11-9-14(10-12-24)19(26)23(2)3/h5-8,13-14H,4,9-12H2,1-3H3. The third-order valence-electron chi connectivity index (χ3n) is 5.08. The number of hydrogen-bond donors (Lipinski definition) is 0. The van der Waals surface area contributed by atoms with Crippen LogP contribution in [0.5, 0.6) is 0 Å². The SMILES string of the molecule is CCc1c(C(=O)N2CCC(C(=O)N(C)C)CC2)cnn1-c1ccc(F)cc1. The quantitative estimate of drug-likeness (QED) is 0.829. The van der Waals surface area contributed by atoms with Gasteiger partial charge in [0.1, 0.15) is 5.82 Å². The molecule has 27 heavy (non-hydrogen) atoms. The molecule has 1 saturated heterocycles. The molecule has 1 aromatic heterocycles. The topological polar surface area (TPSA) is 58.4 Å². The lowest BCUT2D eigenvalue weighted by Gasteiger charge is -2.32. The number of piperidine rings is 1. The van der Waals surface area contributed by atoms with Crippen molar-refractivity contribution in [3.05, 3.63) is 47.5 Å². The predicted octanol–water partition coefficient (Wildman–Crippen LogP) is 2.51. The van der Waals surface area contributed by atoms with Crippen molar-refractivity contribution in [2.75, 3.05) is 27.2 Å². The van der Waals surface area contributed by atoms with E-state index in [1.54, 1.807) is 46.9 Å². The minimum Gasteiger partial charge on any atom is -0.349 e. The molecule has 0 N–H and O–H groups in total. The highest BCUT2D eigenvalue weighted by molar-refractivity contribution is 5.95. The van der Waals surface area contributed by atoms with E-state index in [1.807, 2.05) is 6.92 Å². The molecule has 7 heteroatoms. The minimum atomic E-state index is -0.310. The number of rotatable bonds is 4. The molecule has 2 aromatic rings. The number of halogens is 1. The van der Waals surface area contributed by atoms with Gasteiger partial charge in [-0.1, -0.05) is 6.92 Å². The Balaban J connectivity index is 1.76. The summed E-state index contributed by atoms with van der Waals surface area (Å²) in [5, 5.41) is 4.36. The highest BCUT2D eigenvalue weighted by Gasteiger charge is 2.30. The lowest BCUT2D eigenvalue weighted by atomic mass is 9.95. The number of amides is 2. The van der Waals surface area contributed by atoms with E-state index in [2.05, 4.69) is 5.10 Å². The molecule has 144 valence electrons. The molecule has 0 radical (unpaired) electrons. The summed E-state index contributed by atoms with van der Waals surface area (Å²) in [5.41, 5.74) is 2.10. The lowest BCUT2D eigenvalue weighted by Crippen LogP contribution is -2.42. The predicted molar refractivity (Wildman–Crippen MR) is 100 cm³/mol. The van der Waals surface area contributed by atoms with E-state index in [0.29, 0.717) is 37.9 Å². The molecule has 1 aromatic carbocycles. The molecule has 1 aliphatic rings. The normalized spacial score (nSPS) is 15.0. The first-order valence-electron chi connectivity index (χ1n) is 9.25. The average molecular weight is 372 g/mol. The summed E-state index contributed by atoms with van der Waals surface area (Å²) in [7, 11) is 3.52. The first kappa shape index (κ1) is 19.1. The Kier molecular flexibility index (Phi) is 5.58. The van der Waals surface area contributed by atoms with Crippen LogP contribution in [0, 0.1) is 11.7 Å². The third-order valence-corrected chi connectivity index (χ3v) is 5.08. The second-order valence-corrected chi connectivity index (χ2v) is 7.05. The van der Waals surface area contributed by atoms with Gasteiger partial charge >= 0.3 is 0 Å². The second kappa shape index (κ2) is 7.90. The molecular weight excluding hydrogens is 347 g/mol. The maximum absolute atomic E-state index is 13.2. The molecule has 0 unspecified atom stereocenters. The number of benzene rings is 1. The fraction of sp³-hybridized carbons (Fsp3) is 0.450. The van der Waals surface area contributed by atoms with Crippen molar-refractivity contribution in [3.63, 3.8) is 0 Å². The van der Waals surface area contributed by atoms with Crippen molar-refractivity contribution in [2.24, 2.45) is 5.92 Å². The fourth-order valence-corrected chi connectivity index (χ4v) is 3.56. The molecule has 3 rings (SSSR count). The van der Waals surface area contributed by atoms with Crippen LogP contribution in [0.15, 0.2) is 30.5 Å². The monoisotopic (exact) mass is 372 g/mol. The van der Waals surface area contributed by atoms with E-state index >= 15 is 0 Å². The summed E-state index contributed by atoms with van der Waals surface area (Å²) in [6.45, 7) is 3.09. The summed E-state index contributed by atoms with van der Waals surface area (Å²) in [4.78, 5) is 28.5. The molecule has 0 spiro atoms. The van der Waals surface area contributed by atoms with Crippen LogP contribution in [-0.4, -0.2) is 58.6 Å². The number of nitrogens with zero attached hydrogens (tertiary/aromatic N) is 4. The van der Waals surface area contributed by atoms with E-state index < -0.39 is 0 Å². The van der Waals surface area contributed by atoms with Gasteiger partial charge < -0.3 is 9.80 Å². The molecule has 0 aliphatic carbocycles.